The molecule has 2 aromatic rings. The zero-order valence-electron chi connectivity index (χ0n) is 15.1. The number of ether oxygens (including phenoxy) is 2. The number of amides is 2. The number of methoxy groups -OCH3 is 1. The summed E-state index contributed by atoms with van der Waals surface area (Å²) in [6, 6.07) is 14.8. The number of anilines is 1. The van der Waals surface area contributed by atoms with E-state index in [-0.39, 0.29) is 18.4 Å². The van der Waals surface area contributed by atoms with Crippen LogP contribution in [0.15, 0.2) is 48.5 Å². The van der Waals surface area contributed by atoms with Gasteiger partial charge in [-0.25, -0.2) is 0 Å². The Balaban J connectivity index is 1.71. The van der Waals surface area contributed by atoms with Gasteiger partial charge in [0.05, 0.1) is 12.8 Å². The van der Waals surface area contributed by atoms with E-state index in [1.165, 1.54) is 4.90 Å². The second kappa shape index (κ2) is 7.47. The highest BCUT2D eigenvalue weighted by molar-refractivity contribution is 6.03. The Labute approximate surface area is 152 Å². The monoisotopic (exact) mass is 354 g/mol. The van der Waals surface area contributed by atoms with Crippen LogP contribution in [0, 0.1) is 0 Å². The van der Waals surface area contributed by atoms with Crippen LogP contribution in [0.5, 0.6) is 11.5 Å². The normalized spacial score (nSPS) is 15.9. The lowest BCUT2D eigenvalue weighted by atomic mass is 10.1. The molecule has 2 amide bonds. The summed E-state index contributed by atoms with van der Waals surface area (Å²) in [4.78, 5) is 28.3. The summed E-state index contributed by atoms with van der Waals surface area (Å²) < 4.78 is 10.7. The molecular formula is C20H22N2O4. The number of likely N-dealkylation sites (N-methyl/N-ethyl adjacent to an activating group) is 1. The highest BCUT2D eigenvalue weighted by Gasteiger charge is 2.33. The number of hydrogen-bond donors (Lipinski definition) is 0. The molecule has 0 bridgehead atoms. The van der Waals surface area contributed by atoms with Crippen LogP contribution in [0.2, 0.25) is 0 Å². The highest BCUT2D eigenvalue weighted by atomic mass is 16.5. The Morgan fingerprint density at radius 3 is 2.58 bits per heavy atom. The quantitative estimate of drug-likeness (QED) is 0.828. The summed E-state index contributed by atoms with van der Waals surface area (Å²) >= 11 is 0. The van der Waals surface area contributed by atoms with Crippen molar-refractivity contribution >= 4 is 17.5 Å². The lowest BCUT2D eigenvalue weighted by Crippen LogP contribution is -2.48. The first kappa shape index (κ1) is 17.8. The molecule has 6 heteroatoms. The molecule has 6 nitrogen and oxygen atoms in total. The smallest absolute Gasteiger partial charge is 0.268 e. The van der Waals surface area contributed by atoms with Gasteiger partial charge in [0.1, 0.15) is 18.0 Å². The molecule has 1 unspecified atom stereocenters. The summed E-state index contributed by atoms with van der Waals surface area (Å²) in [7, 11) is 3.34. The Kier molecular flexibility index (Phi) is 5.11. The van der Waals surface area contributed by atoms with E-state index in [1.807, 2.05) is 36.4 Å². The largest absolute Gasteiger partial charge is 0.497 e. The molecule has 0 fully saturated rings. The molecule has 1 aliphatic rings. The van der Waals surface area contributed by atoms with Crippen LogP contribution in [0.25, 0.3) is 0 Å². The lowest BCUT2D eigenvalue weighted by molar-refractivity contribution is -0.132. The Morgan fingerprint density at radius 1 is 1.19 bits per heavy atom. The molecule has 0 N–H and O–H groups in total. The van der Waals surface area contributed by atoms with Crippen molar-refractivity contribution in [3.63, 3.8) is 0 Å². The van der Waals surface area contributed by atoms with Crippen LogP contribution in [-0.4, -0.2) is 43.5 Å². The van der Waals surface area contributed by atoms with Gasteiger partial charge in [0.2, 0.25) is 5.91 Å². The second-order valence-electron chi connectivity index (χ2n) is 6.25. The first-order valence-electron chi connectivity index (χ1n) is 8.43. The maximum Gasteiger partial charge on any atom is 0.268 e. The van der Waals surface area contributed by atoms with Crippen molar-refractivity contribution in [2.24, 2.45) is 0 Å². The minimum atomic E-state index is -0.607. The van der Waals surface area contributed by atoms with E-state index in [1.54, 1.807) is 38.1 Å². The molecule has 2 aromatic carbocycles. The van der Waals surface area contributed by atoms with Gasteiger partial charge in [-0.15, -0.1) is 0 Å². The van der Waals surface area contributed by atoms with E-state index in [0.717, 1.165) is 11.3 Å². The number of carbonyl (C=O) groups excluding carboxylic acids is 2. The van der Waals surface area contributed by atoms with Crippen molar-refractivity contribution < 1.29 is 19.1 Å². The van der Waals surface area contributed by atoms with Gasteiger partial charge < -0.3 is 14.4 Å². The lowest BCUT2D eigenvalue weighted by Gasteiger charge is -2.33. The van der Waals surface area contributed by atoms with Gasteiger partial charge in [-0.1, -0.05) is 24.3 Å². The Morgan fingerprint density at radius 2 is 1.88 bits per heavy atom. The van der Waals surface area contributed by atoms with E-state index in [4.69, 9.17) is 9.47 Å². The number of nitrogens with zero attached hydrogens (tertiary/aromatic N) is 2. The van der Waals surface area contributed by atoms with Crippen LogP contribution >= 0.6 is 0 Å². The van der Waals surface area contributed by atoms with Crippen LogP contribution in [0.1, 0.15) is 12.5 Å². The summed E-state index contributed by atoms with van der Waals surface area (Å²) in [5.41, 5.74) is 1.62. The maximum absolute atomic E-state index is 12.7. The molecule has 0 aliphatic carbocycles. The molecule has 3 rings (SSSR count). The first-order valence-corrected chi connectivity index (χ1v) is 8.43. The predicted molar refractivity (Wildman–Crippen MR) is 98.4 cm³/mol. The van der Waals surface area contributed by atoms with Gasteiger partial charge in [0.15, 0.2) is 6.10 Å². The minimum absolute atomic E-state index is 0.0177. The average Bonchev–Trinajstić information content (AvgIpc) is 2.65. The van der Waals surface area contributed by atoms with Crippen molar-refractivity contribution in [3.05, 3.63) is 54.1 Å². The molecule has 0 aromatic heterocycles. The fourth-order valence-corrected chi connectivity index (χ4v) is 2.87. The van der Waals surface area contributed by atoms with E-state index < -0.39 is 6.10 Å². The van der Waals surface area contributed by atoms with Crippen molar-refractivity contribution in [3.8, 4) is 11.5 Å². The molecule has 0 saturated heterocycles. The van der Waals surface area contributed by atoms with Gasteiger partial charge in [0.25, 0.3) is 5.91 Å². The summed E-state index contributed by atoms with van der Waals surface area (Å²) in [6.45, 7) is 2.13. The molecule has 1 aliphatic heterocycles. The number of rotatable bonds is 5. The predicted octanol–water partition coefficient (Wildman–Crippen LogP) is 2.47. The number of carbonyl (C=O) groups is 2. The maximum atomic E-state index is 12.7. The van der Waals surface area contributed by atoms with Crippen LogP contribution in [0.4, 0.5) is 5.69 Å². The minimum Gasteiger partial charge on any atom is -0.497 e. The van der Waals surface area contributed by atoms with Gasteiger partial charge >= 0.3 is 0 Å². The molecule has 0 radical (unpaired) electrons. The number of benzene rings is 2. The summed E-state index contributed by atoms with van der Waals surface area (Å²) in [5, 5.41) is 0. The number of para-hydroxylation sites is 2. The summed E-state index contributed by atoms with van der Waals surface area (Å²) in [6.07, 6.45) is -0.607. The fraction of sp³-hybridized carbons (Fsp3) is 0.300. The fourth-order valence-electron chi connectivity index (χ4n) is 2.87. The summed E-state index contributed by atoms with van der Waals surface area (Å²) in [5.74, 6) is 1.03. The molecule has 1 heterocycles. The number of fused-ring (bicyclic) bond motifs is 1. The second-order valence-corrected chi connectivity index (χ2v) is 6.25. The van der Waals surface area contributed by atoms with Crippen molar-refractivity contribution in [2.75, 3.05) is 25.6 Å². The molecule has 0 saturated carbocycles. The molecule has 0 spiro atoms. The van der Waals surface area contributed by atoms with Gasteiger partial charge in [-0.3, -0.25) is 14.5 Å². The third-order valence-electron chi connectivity index (χ3n) is 4.37. The molecule has 26 heavy (non-hydrogen) atoms. The van der Waals surface area contributed by atoms with Crippen LogP contribution < -0.4 is 14.4 Å². The SMILES string of the molecule is COc1ccc(CN(C)C(=O)CN2C(=O)C(C)Oc3ccccc32)cc1. The first-order chi connectivity index (χ1) is 12.5. The Hall–Kier alpha value is -3.02. The number of hydrogen-bond acceptors (Lipinski definition) is 4. The van der Waals surface area contributed by atoms with E-state index in [2.05, 4.69) is 0 Å². The standard InChI is InChI=1S/C20H22N2O4/c1-14-20(24)22(17-6-4-5-7-18(17)26-14)13-19(23)21(2)12-15-8-10-16(25-3)11-9-15/h4-11,14H,12-13H2,1-3H3. The molecular weight excluding hydrogens is 332 g/mol. The van der Waals surface area contributed by atoms with Crippen molar-refractivity contribution in [1.29, 1.82) is 0 Å². The van der Waals surface area contributed by atoms with Crippen molar-refractivity contribution in [1.82, 2.24) is 4.90 Å². The van der Waals surface area contributed by atoms with Gasteiger partial charge in [0, 0.05) is 13.6 Å². The van der Waals surface area contributed by atoms with Gasteiger partial charge in [-0.05, 0) is 36.8 Å². The van der Waals surface area contributed by atoms with E-state index >= 15 is 0 Å². The van der Waals surface area contributed by atoms with Crippen molar-refractivity contribution in [2.45, 2.75) is 19.6 Å². The molecule has 1 atom stereocenters. The zero-order valence-corrected chi connectivity index (χ0v) is 15.1. The van der Waals surface area contributed by atoms with Gasteiger partial charge in [-0.2, -0.15) is 0 Å². The zero-order chi connectivity index (χ0) is 18.7. The third-order valence-corrected chi connectivity index (χ3v) is 4.37. The third kappa shape index (κ3) is 3.64. The van der Waals surface area contributed by atoms with Crippen LogP contribution in [0.3, 0.4) is 0 Å². The van der Waals surface area contributed by atoms with E-state index in [9.17, 15) is 9.59 Å². The Bertz CT molecular complexity index is 804. The molecule has 136 valence electrons. The average molecular weight is 354 g/mol. The van der Waals surface area contributed by atoms with E-state index in [0.29, 0.717) is 18.0 Å². The highest BCUT2D eigenvalue weighted by Crippen LogP contribution is 2.33. The topological polar surface area (TPSA) is 59.1 Å². The van der Waals surface area contributed by atoms with Crippen LogP contribution in [-0.2, 0) is 16.1 Å².